The molecule has 20 heavy (non-hydrogen) atoms. The van der Waals surface area contributed by atoms with Gasteiger partial charge in [0.2, 0.25) is 10.0 Å². The molecule has 1 atom stereocenters. The minimum atomic E-state index is -3.18. The van der Waals surface area contributed by atoms with Crippen LogP contribution in [0.3, 0.4) is 0 Å². The zero-order valence-electron chi connectivity index (χ0n) is 12.1. The van der Waals surface area contributed by atoms with Crippen molar-refractivity contribution in [3.63, 3.8) is 0 Å². The SMILES string of the molecule is CC(C)CS(=O)(=O)NC(C)Cc1csc2ccccc12. The molecule has 0 spiro atoms. The van der Waals surface area contributed by atoms with Crippen LogP contribution in [0.1, 0.15) is 26.3 Å². The predicted octanol–water partition coefficient (Wildman–Crippen LogP) is 3.41. The van der Waals surface area contributed by atoms with Gasteiger partial charge in [0, 0.05) is 10.7 Å². The second-order valence-electron chi connectivity index (χ2n) is 5.66. The predicted molar refractivity (Wildman–Crippen MR) is 86.8 cm³/mol. The molecule has 0 saturated carbocycles. The molecule has 2 aromatic rings. The summed E-state index contributed by atoms with van der Waals surface area (Å²) in [5, 5.41) is 3.35. The number of fused-ring (bicyclic) bond motifs is 1. The Morgan fingerprint density at radius 3 is 2.60 bits per heavy atom. The molecule has 2 rings (SSSR count). The molecule has 5 heteroatoms. The van der Waals surface area contributed by atoms with Gasteiger partial charge in [0.25, 0.3) is 0 Å². The number of benzene rings is 1. The van der Waals surface area contributed by atoms with Gasteiger partial charge in [0.15, 0.2) is 0 Å². The van der Waals surface area contributed by atoms with Gasteiger partial charge in [0.1, 0.15) is 0 Å². The molecule has 1 aromatic carbocycles. The molecule has 0 aliphatic carbocycles. The number of sulfonamides is 1. The third-order valence-electron chi connectivity index (χ3n) is 3.02. The van der Waals surface area contributed by atoms with E-state index in [1.807, 2.05) is 32.9 Å². The summed E-state index contributed by atoms with van der Waals surface area (Å²) in [6.07, 6.45) is 0.724. The van der Waals surface area contributed by atoms with E-state index in [1.54, 1.807) is 11.3 Å². The molecule has 3 nitrogen and oxygen atoms in total. The van der Waals surface area contributed by atoms with Crippen molar-refractivity contribution in [2.75, 3.05) is 5.75 Å². The highest BCUT2D eigenvalue weighted by Gasteiger charge is 2.17. The molecule has 0 radical (unpaired) electrons. The maximum atomic E-state index is 11.9. The first kappa shape index (κ1) is 15.5. The van der Waals surface area contributed by atoms with Gasteiger partial charge in [-0.15, -0.1) is 11.3 Å². The molecule has 1 aromatic heterocycles. The second-order valence-corrected chi connectivity index (χ2v) is 8.37. The first-order valence-electron chi connectivity index (χ1n) is 6.82. The Morgan fingerprint density at radius 2 is 1.90 bits per heavy atom. The number of hydrogen-bond acceptors (Lipinski definition) is 3. The van der Waals surface area contributed by atoms with Crippen LogP contribution < -0.4 is 4.72 Å². The van der Waals surface area contributed by atoms with Crippen molar-refractivity contribution >= 4 is 31.4 Å². The quantitative estimate of drug-likeness (QED) is 0.888. The summed E-state index contributed by atoms with van der Waals surface area (Å²) >= 11 is 1.71. The van der Waals surface area contributed by atoms with Crippen LogP contribution in [0.25, 0.3) is 10.1 Å². The maximum absolute atomic E-state index is 11.9. The second kappa shape index (κ2) is 6.24. The zero-order valence-corrected chi connectivity index (χ0v) is 13.7. The Balaban J connectivity index is 2.07. The molecule has 0 aliphatic rings. The smallest absolute Gasteiger partial charge is 0.212 e. The van der Waals surface area contributed by atoms with Crippen LogP contribution in [-0.2, 0) is 16.4 Å². The third-order valence-corrected chi connectivity index (χ3v) is 5.90. The van der Waals surface area contributed by atoms with E-state index >= 15 is 0 Å². The number of thiophene rings is 1. The number of nitrogens with one attached hydrogen (secondary N) is 1. The fraction of sp³-hybridized carbons (Fsp3) is 0.467. The van der Waals surface area contributed by atoms with Gasteiger partial charge in [-0.1, -0.05) is 32.0 Å². The van der Waals surface area contributed by atoms with Crippen LogP contribution in [0, 0.1) is 5.92 Å². The molecule has 0 fully saturated rings. The molecule has 1 unspecified atom stereocenters. The van der Waals surface area contributed by atoms with Crippen molar-refractivity contribution in [2.45, 2.75) is 33.2 Å². The number of hydrogen-bond donors (Lipinski definition) is 1. The fourth-order valence-electron chi connectivity index (χ4n) is 2.36. The van der Waals surface area contributed by atoms with Crippen LogP contribution in [0.5, 0.6) is 0 Å². The molecule has 0 bridgehead atoms. The fourth-order valence-corrected chi connectivity index (χ4v) is 5.00. The lowest BCUT2D eigenvalue weighted by Gasteiger charge is -2.15. The number of rotatable bonds is 6. The van der Waals surface area contributed by atoms with Crippen LogP contribution >= 0.6 is 11.3 Å². The molecule has 110 valence electrons. The van der Waals surface area contributed by atoms with Crippen molar-refractivity contribution in [1.82, 2.24) is 4.72 Å². The van der Waals surface area contributed by atoms with Gasteiger partial charge in [-0.05, 0) is 41.7 Å². The maximum Gasteiger partial charge on any atom is 0.212 e. The van der Waals surface area contributed by atoms with Crippen molar-refractivity contribution in [1.29, 1.82) is 0 Å². The third kappa shape index (κ3) is 4.04. The molecule has 1 heterocycles. The summed E-state index contributed by atoms with van der Waals surface area (Å²) in [6, 6.07) is 8.15. The topological polar surface area (TPSA) is 46.2 Å². The average molecular weight is 311 g/mol. The Hall–Kier alpha value is -0.910. The Morgan fingerprint density at radius 1 is 1.20 bits per heavy atom. The van der Waals surface area contributed by atoms with Gasteiger partial charge in [-0.25, -0.2) is 13.1 Å². The Kier molecular flexibility index (Phi) is 4.83. The molecular formula is C15H21NO2S2. The lowest BCUT2D eigenvalue weighted by atomic mass is 10.1. The van der Waals surface area contributed by atoms with Gasteiger partial charge in [-0.3, -0.25) is 0 Å². The van der Waals surface area contributed by atoms with Crippen LogP contribution in [0.4, 0.5) is 0 Å². The molecular weight excluding hydrogens is 290 g/mol. The highest BCUT2D eigenvalue weighted by molar-refractivity contribution is 7.89. The van der Waals surface area contributed by atoms with Gasteiger partial charge in [0.05, 0.1) is 5.75 Å². The van der Waals surface area contributed by atoms with Crippen molar-refractivity contribution in [3.8, 4) is 0 Å². The normalized spacial score (nSPS) is 14.0. The Labute approximate surface area is 125 Å². The molecule has 0 aliphatic heterocycles. The highest BCUT2D eigenvalue weighted by Crippen LogP contribution is 2.26. The first-order valence-corrected chi connectivity index (χ1v) is 9.35. The molecule has 1 N–H and O–H groups in total. The lowest BCUT2D eigenvalue weighted by Crippen LogP contribution is -2.36. The van der Waals surface area contributed by atoms with E-state index in [0.717, 1.165) is 6.42 Å². The van der Waals surface area contributed by atoms with E-state index in [2.05, 4.69) is 22.2 Å². The minimum absolute atomic E-state index is 0.0863. The van der Waals surface area contributed by atoms with Gasteiger partial charge >= 0.3 is 0 Å². The van der Waals surface area contributed by atoms with Gasteiger partial charge in [-0.2, -0.15) is 0 Å². The summed E-state index contributed by atoms with van der Waals surface area (Å²) in [6.45, 7) is 5.75. The lowest BCUT2D eigenvalue weighted by molar-refractivity contribution is 0.549. The highest BCUT2D eigenvalue weighted by atomic mass is 32.2. The standard InChI is InChI=1S/C15H21NO2S2/c1-11(2)10-20(17,18)16-12(3)8-13-9-19-15-7-5-4-6-14(13)15/h4-7,9,11-12,16H,8,10H2,1-3H3. The summed E-state index contributed by atoms with van der Waals surface area (Å²) in [5.74, 6) is 0.323. The monoisotopic (exact) mass is 311 g/mol. The Bertz CT molecular complexity index is 674. The van der Waals surface area contributed by atoms with Crippen molar-refractivity contribution in [2.24, 2.45) is 5.92 Å². The van der Waals surface area contributed by atoms with Crippen molar-refractivity contribution in [3.05, 3.63) is 35.2 Å². The van der Waals surface area contributed by atoms with E-state index in [0.29, 0.717) is 0 Å². The van der Waals surface area contributed by atoms with E-state index in [9.17, 15) is 8.42 Å². The van der Waals surface area contributed by atoms with Crippen molar-refractivity contribution < 1.29 is 8.42 Å². The zero-order chi connectivity index (χ0) is 14.8. The van der Waals surface area contributed by atoms with Gasteiger partial charge < -0.3 is 0 Å². The van der Waals surface area contributed by atoms with Crippen LogP contribution in [-0.4, -0.2) is 20.2 Å². The summed E-state index contributed by atoms with van der Waals surface area (Å²) in [5.41, 5.74) is 1.21. The van der Waals surface area contributed by atoms with E-state index in [4.69, 9.17) is 0 Å². The summed E-state index contributed by atoms with van der Waals surface area (Å²) in [7, 11) is -3.18. The summed E-state index contributed by atoms with van der Waals surface area (Å²) in [4.78, 5) is 0. The minimum Gasteiger partial charge on any atom is -0.212 e. The van der Waals surface area contributed by atoms with E-state index in [1.165, 1.54) is 15.6 Å². The van der Waals surface area contributed by atoms with E-state index in [-0.39, 0.29) is 17.7 Å². The summed E-state index contributed by atoms with van der Waals surface area (Å²) < 4.78 is 27.9. The van der Waals surface area contributed by atoms with Crippen LogP contribution in [0.2, 0.25) is 0 Å². The largest absolute Gasteiger partial charge is 0.212 e. The average Bonchev–Trinajstić information content (AvgIpc) is 2.70. The van der Waals surface area contributed by atoms with Crippen LogP contribution in [0.15, 0.2) is 29.6 Å². The molecule has 0 amide bonds. The first-order chi connectivity index (χ1) is 9.37. The van der Waals surface area contributed by atoms with E-state index < -0.39 is 10.0 Å². The molecule has 0 saturated heterocycles.